The summed E-state index contributed by atoms with van der Waals surface area (Å²) in [6, 6.07) is 7.09. The molecule has 1 aromatic carbocycles. The van der Waals surface area contributed by atoms with E-state index in [0.29, 0.717) is 35.5 Å². The molecule has 1 aromatic rings. The van der Waals surface area contributed by atoms with Crippen molar-refractivity contribution in [2.75, 3.05) is 25.5 Å². The molecule has 106 valence electrons. The van der Waals surface area contributed by atoms with Gasteiger partial charge in [0.15, 0.2) is 0 Å². The Bertz CT molecular complexity index is 542. The van der Waals surface area contributed by atoms with Crippen LogP contribution in [0.4, 0.5) is 5.69 Å². The Kier molecular flexibility index (Phi) is 4.16. The summed E-state index contributed by atoms with van der Waals surface area (Å²) in [6.07, 6.45) is 1.13. The standard InChI is InChI=1S/C14H22N2O2S/c1-4-15-13-7-5-6-8-14(13)19(17,18)16(3)10-12-9-11(12)2/h5-8,11-12,15H,4,9-10H2,1-3H3. The van der Waals surface area contributed by atoms with E-state index >= 15 is 0 Å². The van der Waals surface area contributed by atoms with E-state index in [1.54, 1.807) is 19.2 Å². The number of hydrogen-bond donors (Lipinski definition) is 1. The molecule has 4 nitrogen and oxygen atoms in total. The fourth-order valence-corrected chi connectivity index (χ4v) is 3.67. The fourth-order valence-electron chi connectivity index (χ4n) is 2.28. The molecule has 0 amide bonds. The highest BCUT2D eigenvalue weighted by molar-refractivity contribution is 7.89. The van der Waals surface area contributed by atoms with E-state index in [2.05, 4.69) is 12.2 Å². The summed E-state index contributed by atoms with van der Waals surface area (Å²) in [5, 5.41) is 3.11. The van der Waals surface area contributed by atoms with Crippen LogP contribution in [-0.4, -0.2) is 32.9 Å². The van der Waals surface area contributed by atoms with Crippen molar-refractivity contribution in [2.45, 2.75) is 25.2 Å². The van der Waals surface area contributed by atoms with Crippen LogP contribution < -0.4 is 5.32 Å². The number of rotatable bonds is 6. The van der Waals surface area contributed by atoms with Crippen molar-refractivity contribution in [3.05, 3.63) is 24.3 Å². The summed E-state index contributed by atoms with van der Waals surface area (Å²) < 4.78 is 26.7. The molecular formula is C14H22N2O2S. The zero-order chi connectivity index (χ0) is 14.0. The van der Waals surface area contributed by atoms with Crippen molar-refractivity contribution < 1.29 is 8.42 Å². The number of nitrogens with one attached hydrogen (secondary N) is 1. The molecule has 0 saturated heterocycles. The van der Waals surface area contributed by atoms with Crippen LogP contribution >= 0.6 is 0 Å². The molecule has 1 aliphatic rings. The van der Waals surface area contributed by atoms with Gasteiger partial charge < -0.3 is 5.32 Å². The minimum absolute atomic E-state index is 0.368. The largest absolute Gasteiger partial charge is 0.384 e. The molecule has 0 aromatic heterocycles. The van der Waals surface area contributed by atoms with Gasteiger partial charge >= 0.3 is 0 Å². The first-order valence-corrected chi connectivity index (χ1v) is 8.20. The van der Waals surface area contributed by atoms with Gasteiger partial charge in [0, 0.05) is 20.1 Å². The van der Waals surface area contributed by atoms with Crippen LogP contribution in [-0.2, 0) is 10.0 Å². The summed E-state index contributed by atoms with van der Waals surface area (Å²) in [4.78, 5) is 0.368. The number of sulfonamides is 1. The molecule has 0 aliphatic heterocycles. The molecule has 1 saturated carbocycles. The molecule has 0 bridgehead atoms. The molecule has 1 aliphatic carbocycles. The second-order valence-corrected chi connectivity index (χ2v) is 7.30. The quantitative estimate of drug-likeness (QED) is 0.871. The lowest BCUT2D eigenvalue weighted by Gasteiger charge is -2.19. The average Bonchev–Trinajstić information content (AvgIpc) is 3.05. The Morgan fingerprint density at radius 1 is 1.37 bits per heavy atom. The maximum atomic E-state index is 12.6. The highest BCUT2D eigenvalue weighted by atomic mass is 32.2. The van der Waals surface area contributed by atoms with Gasteiger partial charge in [0.2, 0.25) is 10.0 Å². The minimum Gasteiger partial charge on any atom is -0.384 e. The van der Waals surface area contributed by atoms with Crippen molar-refractivity contribution in [1.29, 1.82) is 0 Å². The van der Waals surface area contributed by atoms with Gasteiger partial charge in [0.1, 0.15) is 4.90 Å². The fraction of sp³-hybridized carbons (Fsp3) is 0.571. The smallest absolute Gasteiger partial charge is 0.244 e. The number of benzene rings is 1. The van der Waals surface area contributed by atoms with Crippen molar-refractivity contribution in [2.24, 2.45) is 11.8 Å². The molecule has 0 heterocycles. The first-order valence-electron chi connectivity index (χ1n) is 6.76. The van der Waals surface area contributed by atoms with Crippen LogP contribution in [0.3, 0.4) is 0 Å². The second kappa shape index (κ2) is 5.51. The molecule has 1 fully saturated rings. The van der Waals surface area contributed by atoms with Crippen molar-refractivity contribution in [3.63, 3.8) is 0 Å². The Labute approximate surface area is 115 Å². The van der Waals surface area contributed by atoms with Crippen molar-refractivity contribution in [3.8, 4) is 0 Å². The first kappa shape index (κ1) is 14.3. The number of nitrogens with zero attached hydrogens (tertiary/aromatic N) is 1. The topological polar surface area (TPSA) is 49.4 Å². The molecule has 0 radical (unpaired) electrons. The van der Waals surface area contributed by atoms with E-state index in [0.717, 1.165) is 6.42 Å². The monoisotopic (exact) mass is 282 g/mol. The number of para-hydroxylation sites is 1. The van der Waals surface area contributed by atoms with Crippen LogP contribution in [0.15, 0.2) is 29.2 Å². The number of hydrogen-bond acceptors (Lipinski definition) is 3. The zero-order valence-corrected chi connectivity index (χ0v) is 12.6. The molecule has 19 heavy (non-hydrogen) atoms. The van der Waals surface area contributed by atoms with Crippen molar-refractivity contribution in [1.82, 2.24) is 4.31 Å². The highest BCUT2D eigenvalue weighted by Gasteiger charge is 2.36. The minimum atomic E-state index is -3.40. The molecule has 5 heteroatoms. The predicted octanol–water partition coefficient (Wildman–Crippen LogP) is 2.39. The van der Waals surface area contributed by atoms with Gasteiger partial charge in [-0.25, -0.2) is 12.7 Å². The van der Waals surface area contributed by atoms with Crippen LogP contribution in [0.2, 0.25) is 0 Å². The summed E-state index contributed by atoms with van der Waals surface area (Å²) in [5.41, 5.74) is 0.681. The van der Waals surface area contributed by atoms with Crippen LogP contribution in [0, 0.1) is 11.8 Å². The Balaban J connectivity index is 2.23. The third-order valence-corrected chi connectivity index (χ3v) is 5.59. The van der Waals surface area contributed by atoms with Crippen LogP contribution in [0.5, 0.6) is 0 Å². The molecule has 2 atom stereocenters. The maximum Gasteiger partial charge on any atom is 0.244 e. The van der Waals surface area contributed by atoms with E-state index < -0.39 is 10.0 Å². The third-order valence-electron chi connectivity index (χ3n) is 3.71. The van der Waals surface area contributed by atoms with E-state index in [1.165, 1.54) is 4.31 Å². The highest BCUT2D eigenvalue weighted by Crippen LogP contribution is 2.39. The van der Waals surface area contributed by atoms with Gasteiger partial charge in [-0.15, -0.1) is 0 Å². The molecular weight excluding hydrogens is 260 g/mol. The van der Waals surface area contributed by atoms with Gasteiger partial charge in [0.05, 0.1) is 5.69 Å². The van der Waals surface area contributed by atoms with Crippen LogP contribution in [0.1, 0.15) is 20.3 Å². The second-order valence-electron chi connectivity index (χ2n) is 5.29. The van der Waals surface area contributed by atoms with Gasteiger partial charge in [-0.05, 0) is 37.3 Å². The van der Waals surface area contributed by atoms with Crippen molar-refractivity contribution >= 4 is 15.7 Å². The summed E-state index contributed by atoms with van der Waals surface area (Å²) in [7, 11) is -1.73. The average molecular weight is 282 g/mol. The van der Waals surface area contributed by atoms with E-state index in [1.807, 2.05) is 19.1 Å². The predicted molar refractivity (Wildman–Crippen MR) is 77.7 cm³/mol. The Morgan fingerprint density at radius 3 is 2.58 bits per heavy atom. The van der Waals surface area contributed by atoms with Gasteiger partial charge in [-0.3, -0.25) is 0 Å². The van der Waals surface area contributed by atoms with Gasteiger partial charge in [-0.1, -0.05) is 19.1 Å². The maximum absolute atomic E-state index is 12.6. The lowest BCUT2D eigenvalue weighted by molar-refractivity contribution is 0.445. The van der Waals surface area contributed by atoms with Crippen LogP contribution in [0.25, 0.3) is 0 Å². The van der Waals surface area contributed by atoms with E-state index in [-0.39, 0.29) is 0 Å². The third kappa shape index (κ3) is 3.09. The zero-order valence-electron chi connectivity index (χ0n) is 11.8. The molecule has 2 rings (SSSR count). The summed E-state index contributed by atoms with van der Waals surface area (Å²) >= 11 is 0. The van der Waals surface area contributed by atoms with Gasteiger partial charge in [0.25, 0.3) is 0 Å². The molecule has 2 unspecified atom stereocenters. The summed E-state index contributed by atoms with van der Waals surface area (Å²) in [5.74, 6) is 1.17. The van der Waals surface area contributed by atoms with Gasteiger partial charge in [-0.2, -0.15) is 0 Å². The lowest BCUT2D eigenvalue weighted by Crippen LogP contribution is -2.29. The number of anilines is 1. The Morgan fingerprint density at radius 2 is 2.00 bits per heavy atom. The molecule has 0 spiro atoms. The van der Waals surface area contributed by atoms with E-state index in [9.17, 15) is 8.42 Å². The van der Waals surface area contributed by atoms with E-state index in [4.69, 9.17) is 0 Å². The molecule has 1 N–H and O–H groups in total. The lowest BCUT2D eigenvalue weighted by atomic mass is 10.3. The summed E-state index contributed by atoms with van der Waals surface area (Å²) in [6.45, 7) is 5.44. The Hall–Kier alpha value is -1.07. The SMILES string of the molecule is CCNc1ccccc1S(=O)(=O)N(C)CC1CC1C. The normalized spacial score (nSPS) is 22.5. The first-order chi connectivity index (χ1) is 8.96.